The zero-order valence-electron chi connectivity index (χ0n) is 6.56. The van der Waals surface area contributed by atoms with Crippen molar-refractivity contribution in [1.82, 2.24) is 5.32 Å². The molecule has 0 saturated carbocycles. The summed E-state index contributed by atoms with van der Waals surface area (Å²) in [6.07, 6.45) is 0.237. The van der Waals surface area contributed by atoms with Crippen molar-refractivity contribution in [3.05, 3.63) is 0 Å². The summed E-state index contributed by atoms with van der Waals surface area (Å²) in [6, 6.07) is -0.956. The smallest absolute Gasteiger partial charge is 0.264 e. The Labute approximate surface area is 83.1 Å². The van der Waals surface area contributed by atoms with Gasteiger partial charge < -0.3 is 11.1 Å². The summed E-state index contributed by atoms with van der Waals surface area (Å²) in [5.41, 5.74) is 5.22. The lowest BCUT2D eigenvalue weighted by Crippen LogP contribution is -2.40. The molecule has 76 valence electrons. The van der Waals surface area contributed by atoms with E-state index in [2.05, 4.69) is 5.32 Å². The van der Waals surface area contributed by atoms with Crippen molar-refractivity contribution in [2.24, 2.45) is 5.73 Å². The van der Waals surface area contributed by atoms with E-state index < -0.39 is 12.0 Å². The molecule has 0 aromatic heterocycles. The van der Waals surface area contributed by atoms with Crippen LogP contribution in [0, 0.1) is 0 Å². The predicted octanol–water partition coefficient (Wildman–Crippen LogP) is 1.18. The number of hydrogen-bond donors (Lipinski definition) is 2. The summed E-state index contributed by atoms with van der Waals surface area (Å²) in [7, 11) is 0. The Kier molecular flexibility index (Phi) is 7.32. The van der Waals surface area contributed by atoms with Crippen LogP contribution in [0.2, 0.25) is 0 Å². The molecule has 0 radical (unpaired) electrons. The first-order valence-corrected chi connectivity index (χ1v) is 3.47. The van der Waals surface area contributed by atoms with E-state index in [9.17, 15) is 8.78 Å². The van der Waals surface area contributed by atoms with Crippen molar-refractivity contribution in [3.8, 4) is 0 Å². The summed E-state index contributed by atoms with van der Waals surface area (Å²) in [6.45, 7) is 0.984. The zero-order chi connectivity index (χ0) is 7.61. The van der Waals surface area contributed by atoms with Crippen molar-refractivity contribution < 1.29 is 8.78 Å². The zero-order valence-corrected chi connectivity index (χ0v) is 8.19. The van der Waals surface area contributed by atoms with Gasteiger partial charge in [-0.15, -0.1) is 24.8 Å². The van der Waals surface area contributed by atoms with E-state index in [0.29, 0.717) is 19.5 Å². The van der Waals surface area contributed by atoms with Crippen LogP contribution < -0.4 is 11.1 Å². The summed E-state index contributed by atoms with van der Waals surface area (Å²) in [5.74, 6) is -2.66. The van der Waals surface area contributed by atoms with Crippen LogP contribution in [0.3, 0.4) is 0 Å². The highest BCUT2D eigenvalue weighted by molar-refractivity contribution is 5.85. The van der Waals surface area contributed by atoms with E-state index in [-0.39, 0.29) is 31.2 Å². The highest BCUT2D eigenvalue weighted by atomic mass is 35.5. The molecule has 0 aliphatic carbocycles. The van der Waals surface area contributed by atoms with Crippen LogP contribution in [0.1, 0.15) is 12.8 Å². The molecule has 0 spiro atoms. The molecular weight excluding hydrogens is 209 g/mol. The van der Waals surface area contributed by atoms with Crippen LogP contribution in [0.5, 0.6) is 0 Å². The van der Waals surface area contributed by atoms with Gasteiger partial charge in [0.1, 0.15) is 0 Å². The van der Waals surface area contributed by atoms with Gasteiger partial charge in [-0.25, -0.2) is 8.78 Å². The quantitative estimate of drug-likeness (QED) is 0.647. The highest BCUT2D eigenvalue weighted by Crippen LogP contribution is 2.24. The maximum absolute atomic E-state index is 12.7. The third kappa shape index (κ3) is 3.85. The van der Waals surface area contributed by atoms with Gasteiger partial charge in [0.25, 0.3) is 5.92 Å². The Hall–Kier alpha value is 0.360. The average Bonchev–Trinajstić information content (AvgIpc) is 1.96. The predicted molar refractivity (Wildman–Crippen MR) is 49.5 cm³/mol. The molecule has 3 N–H and O–H groups in total. The van der Waals surface area contributed by atoms with Gasteiger partial charge in [0.15, 0.2) is 0 Å². The second-order valence-electron chi connectivity index (χ2n) is 2.66. The SMILES string of the molecule is Cl.Cl.NC1CCNCCC1(F)F. The van der Waals surface area contributed by atoms with Crippen LogP contribution in [0.25, 0.3) is 0 Å². The Morgan fingerprint density at radius 2 is 1.83 bits per heavy atom. The van der Waals surface area contributed by atoms with E-state index in [1.807, 2.05) is 0 Å². The molecule has 1 unspecified atom stereocenters. The van der Waals surface area contributed by atoms with Crippen LogP contribution in [0.4, 0.5) is 8.78 Å². The molecule has 6 heteroatoms. The largest absolute Gasteiger partial charge is 0.323 e. The monoisotopic (exact) mass is 222 g/mol. The number of rotatable bonds is 0. The number of halogens is 4. The van der Waals surface area contributed by atoms with Gasteiger partial charge in [0.05, 0.1) is 6.04 Å². The van der Waals surface area contributed by atoms with E-state index >= 15 is 0 Å². The molecule has 0 amide bonds. The average molecular weight is 223 g/mol. The third-order valence-electron chi connectivity index (χ3n) is 1.81. The van der Waals surface area contributed by atoms with Crippen molar-refractivity contribution >= 4 is 24.8 Å². The van der Waals surface area contributed by atoms with E-state index in [0.717, 1.165) is 0 Å². The second-order valence-corrected chi connectivity index (χ2v) is 2.66. The summed E-state index contributed by atoms with van der Waals surface area (Å²) >= 11 is 0. The molecule has 1 rings (SSSR count). The molecule has 12 heavy (non-hydrogen) atoms. The summed E-state index contributed by atoms with van der Waals surface area (Å²) in [5, 5.41) is 2.87. The van der Waals surface area contributed by atoms with Gasteiger partial charge in [0.2, 0.25) is 0 Å². The van der Waals surface area contributed by atoms with Crippen molar-refractivity contribution in [2.75, 3.05) is 13.1 Å². The fourth-order valence-electron chi connectivity index (χ4n) is 1.03. The lowest BCUT2D eigenvalue weighted by molar-refractivity contribution is -0.0277. The molecule has 1 atom stereocenters. The molecule has 1 saturated heterocycles. The molecular formula is C6H14Cl2F2N2. The normalized spacial score (nSPS) is 27.8. The standard InChI is InChI=1S/C6H12F2N2.2ClH/c7-6(8)2-4-10-3-1-5(6)9;;/h5,10H,1-4,9H2;2*1H. The number of alkyl halides is 2. The van der Waals surface area contributed by atoms with Crippen molar-refractivity contribution in [2.45, 2.75) is 24.8 Å². The topological polar surface area (TPSA) is 38.0 Å². The van der Waals surface area contributed by atoms with Gasteiger partial charge in [-0.1, -0.05) is 0 Å². The Morgan fingerprint density at radius 3 is 2.42 bits per heavy atom. The van der Waals surface area contributed by atoms with Gasteiger partial charge in [-0.2, -0.15) is 0 Å². The third-order valence-corrected chi connectivity index (χ3v) is 1.81. The summed E-state index contributed by atoms with van der Waals surface area (Å²) in [4.78, 5) is 0. The van der Waals surface area contributed by atoms with Gasteiger partial charge in [-0.3, -0.25) is 0 Å². The fraction of sp³-hybridized carbons (Fsp3) is 1.00. The van der Waals surface area contributed by atoms with Crippen molar-refractivity contribution in [1.29, 1.82) is 0 Å². The first kappa shape index (κ1) is 14.9. The minimum absolute atomic E-state index is 0. The van der Waals surface area contributed by atoms with Crippen molar-refractivity contribution in [3.63, 3.8) is 0 Å². The summed E-state index contributed by atoms with van der Waals surface area (Å²) < 4.78 is 25.4. The Morgan fingerprint density at radius 1 is 1.25 bits per heavy atom. The second kappa shape index (κ2) is 5.91. The van der Waals surface area contributed by atoms with Crippen LogP contribution >= 0.6 is 24.8 Å². The lowest BCUT2D eigenvalue weighted by atomic mass is 10.1. The molecule has 0 bridgehead atoms. The minimum atomic E-state index is -2.66. The first-order valence-electron chi connectivity index (χ1n) is 3.47. The van der Waals surface area contributed by atoms with E-state index in [4.69, 9.17) is 5.73 Å². The van der Waals surface area contributed by atoms with Crippen LogP contribution in [0.15, 0.2) is 0 Å². The highest BCUT2D eigenvalue weighted by Gasteiger charge is 2.37. The number of hydrogen-bond acceptors (Lipinski definition) is 2. The maximum atomic E-state index is 12.7. The lowest BCUT2D eigenvalue weighted by Gasteiger charge is -2.19. The minimum Gasteiger partial charge on any atom is -0.323 e. The van der Waals surface area contributed by atoms with E-state index in [1.165, 1.54) is 0 Å². The molecule has 0 aromatic rings. The number of nitrogens with one attached hydrogen (secondary N) is 1. The molecule has 0 aromatic carbocycles. The van der Waals surface area contributed by atoms with Crippen LogP contribution in [-0.4, -0.2) is 25.1 Å². The van der Waals surface area contributed by atoms with E-state index in [1.54, 1.807) is 0 Å². The Bertz CT molecular complexity index is 124. The fourth-order valence-corrected chi connectivity index (χ4v) is 1.03. The Balaban J connectivity index is 0. The van der Waals surface area contributed by atoms with Gasteiger partial charge in [0, 0.05) is 13.0 Å². The maximum Gasteiger partial charge on any atom is 0.264 e. The van der Waals surface area contributed by atoms with Crippen LogP contribution in [-0.2, 0) is 0 Å². The molecule has 1 heterocycles. The van der Waals surface area contributed by atoms with Gasteiger partial charge in [-0.05, 0) is 13.0 Å². The molecule has 1 fully saturated rings. The van der Waals surface area contributed by atoms with Gasteiger partial charge >= 0.3 is 0 Å². The number of nitrogens with two attached hydrogens (primary N) is 1. The molecule has 2 nitrogen and oxygen atoms in total. The molecule has 1 aliphatic heterocycles. The first-order chi connectivity index (χ1) is 4.63. The molecule has 1 aliphatic rings.